The molecule has 244 valence electrons. The van der Waals surface area contributed by atoms with Gasteiger partial charge in [-0.3, -0.25) is 4.79 Å². The van der Waals surface area contributed by atoms with Crippen LogP contribution < -0.4 is 10.2 Å². The SMILES string of the molecule is CC(c1c[nH]c2ccccc12)C(NC(=O)N1CCOCC1)C(=O)N1C[C@@H](CN(C)C)Cc2cc(Cl)ccc21.O=C(O)C(F)(F)F. The van der Waals surface area contributed by atoms with Gasteiger partial charge in [0, 0.05) is 59.9 Å². The molecule has 0 spiro atoms. The molecule has 3 heterocycles. The van der Waals surface area contributed by atoms with Crippen molar-refractivity contribution >= 4 is 46.1 Å². The standard InChI is InChI=1S/C29H36ClN5O3.C2HF3O2/c1-19(24-16-31-25-7-5-4-6-23(24)25)27(32-29(37)34-10-12-38-13-11-34)28(36)35-18-20(17-33(2)3)14-21-15-22(30)8-9-26(21)35;3-2(4,5)1(6)7/h4-9,15-16,19-20,27,31H,10-14,17-18H2,1-3H3,(H,32,37);(H,6,7)/t19?,20-,27?;/m1./s1. The molecule has 1 aromatic heterocycles. The van der Waals surface area contributed by atoms with Crippen LogP contribution in [0, 0.1) is 5.92 Å². The maximum Gasteiger partial charge on any atom is 0.490 e. The number of urea groups is 1. The number of H-pyrrole nitrogens is 1. The lowest BCUT2D eigenvalue weighted by Gasteiger charge is -2.39. The Hall–Kier alpha value is -3.81. The summed E-state index contributed by atoms with van der Waals surface area (Å²) in [5.74, 6) is -2.89. The molecule has 45 heavy (non-hydrogen) atoms. The molecule has 0 radical (unpaired) electrons. The first kappa shape index (κ1) is 34.1. The number of aliphatic carboxylic acids is 1. The van der Waals surface area contributed by atoms with Gasteiger partial charge in [0.15, 0.2) is 0 Å². The number of carboxylic acid groups (broad SMARTS) is 1. The molecule has 2 aliphatic heterocycles. The second-order valence-corrected chi connectivity index (χ2v) is 11.9. The number of carbonyl (C=O) groups is 3. The van der Waals surface area contributed by atoms with Crippen molar-refractivity contribution in [1.82, 2.24) is 20.1 Å². The summed E-state index contributed by atoms with van der Waals surface area (Å²) in [4.78, 5) is 45.8. The first-order valence-corrected chi connectivity index (χ1v) is 14.9. The van der Waals surface area contributed by atoms with Gasteiger partial charge < -0.3 is 34.8 Å². The third-order valence-electron chi connectivity index (χ3n) is 7.87. The lowest BCUT2D eigenvalue weighted by Crippen LogP contribution is -2.57. The van der Waals surface area contributed by atoms with E-state index >= 15 is 0 Å². The van der Waals surface area contributed by atoms with Crippen LogP contribution in [0.25, 0.3) is 10.9 Å². The first-order valence-electron chi connectivity index (χ1n) is 14.5. The van der Waals surface area contributed by atoms with Gasteiger partial charge in [0.2, 0.25) is 5.91 Å². The fraction of sp³-hybridized carbons (Fsp3) is 0.452. The number of ether oxygens (including phenoxy) is 1. The monoisotopic (exact) mass is 651 g/mol. The van der Waals surface area contributed by atoms with Gasteiger partial charge in [0.05, 0.1) is 13.2 Å². The molecule has 14 heteroatoms. The number of fused-ring (bicyclic) bond motifs is 2. The number of hydrogen-bond donors (Lipinski definition) is 3. The van der Waals surface area contributed by atoms with Crippen LogP contribution in [0.5, 0.6) is 0 Å². The molecule has 10 nitrogen and oxygen atoms in total. The van der Waals surface area contributed by atoms with E-state index in [9.17, 15) is 22.8 Å². The maximum absolute atomic E-state index is 14.5. The van der Waals surface area contributed by atoms with Crippen LogP contribution in [0.4, 0.5) is 23.7 Å². The number of morpholine rings is 1. The number of carbonyl (C=O) groups excluding carboxylic acids is 2. The Balaban J connectivity index is 0.000000591. The van der Waals surface area contributed by atoms with Gasteiger partial charge in [-0.15, -0.1) is 0 Å². The summed E-state index contributed by atoms with van der Waals surface area (Å²) < 4.78 is 37.2. The fourth-order valence-electron chi connectivity index (χ4n) is 5.77. The maximum atomic E-state index is 14.5. The highest BCUT2D eigenvalue weighted by Gasteiger charge is 2.39. The highest BCUT2D eigenvalue weighted by molar-refractivity contribution is 6.30. The Bertz CT molecular complexity index is 1510. The van der Waals surface area contributed by atoms with E-state index in [1.54, 1.807) is 4.90 Å². The van der Waals surface area contributed by atoms with E-state index in [2.05, 4.69) is 15.2 Å². The van der Waals surface area contributed by atoms with E-state index in [-0.39, 0.29) is 23.8 Å². The normalized spacial score (nSPS) is 18.1. The number of anilines is 1. The van der Waals surface area contributed by atoms with Crippen molar-refractivity contribution in [3.8, 4) is 0 Å². The zero-order chi connectivity index (χ0) is 32.9. The number of aromatic nitrogens is 1. The number of hydrogen-bond acceptors (Lipinski definition) is 5. The highest BCUT2D eigenvalue weighted by Crippen LogP contribution is 2.35. The number of nitrogens with zero attached hydrogens (tertiary/aromatic N) is 3. The van der Waals surface area contributed by atoms with Crippen LogP contribution in [0.15, 0.2) is 48.7 Å². The third kappa shape index (κ3) is 8.47. The number of nitrogens with one attached hydrogen (secondary N) is 2. The van der Waals surface area contributed by atoms with Crippen molar-refractivity contribution in [2.75, 3.05) is 58.4 Å². The molecule has 2 aromatic carbocycles. The van der Waals surface area contributed by atoms with Gasteiger partial charge in [0.1, 0.15) is 6.04 Å². The number of alkyl halides is 3. The van der Waals surface area contributed by atoms with Crippen LogP contribution in [0.3, 0.4) is 0 Å². The van der Waals surface area contributed by atoms with Gasteiger partial charge in [-0.1, -0.05) is 36.7 Å². The fourth-order valence-corrected chi connectivity index (χ4v) is 5.96. The van der Waals surface area contributed by atoms with E-state index in [0.29, 0.717) is 37.9 Å². The Morgan fingerprint density at radius 2 is 1.82 bits per heavy atom. The highest BCUT2D eigenvalue weighted by atomic mass is 35.5. The van der Waals surface area contributed by atoms with Gasteiger partial charge in [-0.2, -0.15) is 13.2 Å². The third-order valence-corrected chi connectivity index (χ3v) is 8.10. The number of aromatic amines is 1. The first-order chi connectivity index (χ1) is 21.3. The van der Waals surface area contributed by atoms with Crippen molar-refractivity contribution in [2.45, 2.75) is 31.5 Å². The summed E-state index contributed by atoms with van der Waals surface area (Å²) in [6, 6.07) is 12.8. The van der Waals surface area contributed by atoms with E-state index in [0.717, 1.165) is 40.7 Å². The van der Waals surface area contributed by atoms with Crippen molar-refractivity contribution in [1.29, 1.82) is 0 Å². The Morgan fingerprint density at radius 3 is 2.47 bits per heavy atom. The molecule has 0 bridgehead atoms. The minimum atomic E-state index is -5.08. The number of para-hydroxylation sites is 1. The minimum absolute atomic E-state index is 0.114. The summed E-state index contributed by atoms with van der Waals surface area (Å²) in [6.07, 6.45) is -2.28. The summed E-state index contributed by atoms with van der Waals surface area (Å²) >= 11 is 6.36. The molecule has 2 unspecified atom stereocenters. The van der Waals surface area contributed by atoms with Crippen LogP contribution in [-0.4, -0.2) is 104 Å². The summed E-state index contributed by atoms with van der Waals surface area (Å²) in [7, 11) is 4.09. The molecule has 5 rings (SSSR count). The molecule has 3 amide bonds. The van der Waals surface area contributed by atoms with Crippen LogP contribution in [-0.2, 0) is 20.7 Å². The van der Waals surface area contributed by atoms with Crippen LogP contribution in [0.1, 0.15) is 24.0 Å². The topological polar surface area (TPSA) is 118 Å². The second-order valence-electron chi connectivity index (χ2n) is 11.5. The van der Waals surface area contributed by atoms with Gasteiger partial charge in [0.25, 0.3) is 0 Å². The van der Waals surface area contributed by atoms with Crippen LogP contribution >= 0.6 is 11.6 Å². The average Bonchev–Trinajstić information content (AvgIpc) is 3.43. The predicted molar refractivity (Wildman–Crippen MR) is 165 cm³/mol. The lowest BCUT2D eigenvalue weighted by atomic mass is 9.88. The van der Waals surface area contributed by atoms with Crippen molar-refractivity contribution < 1.29 is 37.4 Å². The zero-order valence-corrected chi connectivity index (χ0v) is 26.0. The molecule has 3 N–H and O–H groups in total. The largest absolute Gasteiger partial charge is 0.490 e. The van der Waals surface area contributed by atoms with E-state index in [4.69, 9.17) is 26.2 Å². The van der Waals surface area contributed by atoms with Crippen molar-refractivity contribution in [2.24, 2.45) is 5.92 Å². The molecule has 0 saturated carbocycles. The second kappa shape index (κ2) is 14.5. The number of amides is 3. The molecule has 1 fully saturated rings. The van der Waals surface area contributed by atoms with Gasteiger partial charge >= 0.3 is 18.2 Å². The van der Waals surface area contributed by atoms with Crippen molar-refractivity contribution in [3.63, 3.8) is 0 Å². The molecule has 3 atom stereocenters. The van der Waals surface area contributed by atoms with Gasteiger partial charge in [-0.25, -0.2) is 9.59 Å². The Morgan fingerprint density at radius 1 is 1.16 bits per heavy atom. The minimum Gasteiger partial charge on any atom is -0.475 e. The molecule has 2 aliphatic rings. The van der Waals surface area contributed by atoms with Gasteiger partial charge in [-0.05, 0) is 61.8 Å². The van der Waals surface area contributed by atoms with Crippen molar-refractivity contribution in [3.05, 3.63) is 64.8 Å². The molecular formula is C31H37ClF3N5O5. The average molecular weight is 652 g/mol. The Labute approximate surface area is 264 Å². The number of rotatable bonds is 6. The lowest BCUT2D eigenvalue weighted by molar-refractivity contribution is -0.192. The number of halogens is 4. The van der Waals surface area contributed by atoms with E-state index in [1.165, 1.54) is 0 Å². The number of carboxylic acids is 1. The van der Waals surface area contributed by atoms with Crippen LogP contribution in [0.2, 0.25) is 5.02 Å². The Kier molecular flexibility index (Phi) is 11.0. The van der Waals surface area contributed by atoms with E-state index < -0.39 is 18.2 Å². The molecule has 0 aliphatic carbocycles. The molecular weight excluding hydrogens is 615 g/mol. The summed E-state index contributed by atoms with van der Waals surface area (Å²) in [5, 5.41) is 12.0. The summed E-state index contributed by atoms with van der Waals surface area (Å²) in [6.45, 7) is 5.44. The van der Waals surface area contributed by atoms with E-state index in [1.807, 2.05) is 74.6 Å². The quantitative estimate of drug-likeness (QED) is 0.355. The summed E-state index contributed by atoms with van der Waals surface area (Å²) in [5.41, 5.74) is 3.93. The molecule has 1 saturated heterocycles. The zero-order valence-electron chi connectivity index (χ0n) is 25.2. The number of benzene rings is 2. The molecule has 3 aromatic rings. The smallest absolute Gasteiger partial charge is 0.475 e. The predicted octanol–water partition coefficient (Wildman–Crippen LogP) is 4.74.